The van der Waals surface area contributed by atoms with Crippen molar-refractivity contribution in [1.82, 2.24) is 10.3 Å². The summed E-state index contributed by atoms with van der Waals surface area (Å²) in [5.41, 5.74) is 4.14. The number of thiazole rings is 1. The maximum absolute atomic E-state index is 13.8. The van der Waals surface area contributed by atoms with Gasteiger partial charge in [-0.1, -0.05) is 103 Å². The summed E-state index contributed by atoms with van der Waals surface area (Å²) in [6.45, 7) is 2.32. The van der Waals surface area contributed by atoms with Gasteiger partial charge in [0.2, 0.25) is 5.91 Å². The van der Waals surface area contributed by atoms with Crippen LogP contribution in [0.3, 0.4) is 0 Å². The zero-order chi connectivity index (χ0) is 35.4. The largest absolute Gasteiger partial charge is 0.493 e. The van der Waals surface area contributed by atoms with Crippen molar-refractivity contribution >= 4 is 57.7 Å². The molecule has 3 N–H and O–H groups in total. The van der Waals surface area contributed by atoms with E-state index in [0.29, 0.717) is 34.3 Å². The van der Waals surface area contributed by atoms with Crippen molar-refractivity contribution in [1.29, 1.82) is 0 Å². The molecule has 6 rings (SSSR count). The Morgan fingerprint density at radius 1 is 0.804 bits per heavy atom. The molecule has 10 heteroatoms. The number of hydrogen-bond donors (Lipinski definition) is 3. The number of amides is 3. The molecule has 1 heterocycles. The molecule has 8 nitrogen and oxygen atoms in total. The van der Waals surface area contributed by atoms with Gasteiger partial charge in [0.1, 0.15) is 16.7 Å². The molecule has 0 saturated carbocycles. The number of anilines is 2. The number of carbonyl (C=O) groups excluding carboxylic acids is 3. The number of aromatic nitrogens is 1. The van der Waals surface area contributed by atoms with Crippen molar-refractivity contribution in [2.75, 3.05) is 17.2 Å². The van der Waals surface area contributed by atoms with Crippen LogP contribution in [0.1, 0.15) is 33.7 Å². The van der Waals surface area contributed by atoms with E-state index in [4.69, 9.17) is 4.74 Å². The summed E-state index contributed by atoms with van der Waals surface area (Å²) < 4.78 is 5.77. The number of hydrogen-bond acceptors (Lipinski definition) is 7. The molecule has 51 heavy (non-hydrogen) atoms. The maximum atomic E-state index is 13.8. The molecule has 1 aromatic heterocycles. The van der Waals surface area contributed by atoms with Crippen LogP contribution < -0.4 is 20.7 Å². The van der Waals surface area contributed by atoms with E-state index >= 15 is 0 Å². The third-order valence-corrected chi connectivity index (χ3v) is 9.54. The van der Waals surface area contributed by atoms with Gasteiger partial charge < -0.3 is 20.7 Å². The molecule has 0 fully saturated rings. The molecule has 6 aromatic rings. The molecule has 0 aliphatic heterocycles. The topological polar surface area (TPSA) is 109 Å². The van der Waals surface area contributed by atoms with E-state index in [9.17, 15) is 14.4 Å². The van der Waals surface area contributed by atoms with Crippen LogP contribution in [0.2, 0.25) is 0 Å². The fourth-order valence-corrected chi connectivity index (χ4v) is 6.92. The van der Waals surface area contributed by atoms with Gasteiger partial charge in [0.25, 0.3) is 11.8 Å². The van der Waals surface area contributed by atoms with Crippen LogP contribution in [0.5, 0.6) is 5.75 Å². The number of rotatable bonds is 13. The van der Waals surface area contributed by atoms with E-state index in [1.54, 1.807) is 54.6 Å². The third kappa shape index (κ3) is 9.39. The minimum Gasteiger partial charge on any atom is -0.493 e. The number of para-hydroxylation sites is 1. The highest BCUT2D eigenvalue weighted by molar-refractivity contribution is 8.00. The molecule has 254 valence electrons. The Kier molecular flexibility index (Phi) is 11.7. The minimum absolute atomic E-state index is 0.0360. The highest BCUT2D eigenvalue weighted by atomic mass is 32.2. The van der Waals surface area contributed by atoms with E-state index in [1.807, 2.05) is 103 Å². The van der Waals surface area contributed by atoms with Gasteiger partial charge in [0.05, 0.1) is 12.3 Å². The highest BCUT2D eigenvalue weighted by Gasteiger charge is 2.24. The SMILES string of the molecule is CCOc1ccccc1/C=C(/NC(=O)c1ccccc1)C(=O)Nc1cccc(SC(C(=O)Nc2nc(-c3ccccc3)cs2)c2ccccc2)c1. The molecule has 0 spiro atoms. The molecule has 5 aromatic carbocycles. The Labute approximate surface area is 304 Å². The van der Waals surface area contributed by atoms with Gasteiger partial charge in [-0.2, -0.15) is 0 Å². The summed E-state index contributed by atoms with van der Waals surface area (Å²) in [4.78, 5) is 46.2. The van der Waals surface area contributed by atoms with Crippen molar-refractivity contribution in [2.24, 2.45) is 0 Å². The lowest BCUT2D eigenvalue weighted by Crippen LogP contribution is -2.30. The van der Waals surface area contributed by atoms with Gasteiger partial charge in [-0.3, -0.25) is 14.4 Å². The molecular weight excluding hydrogens is 677 g/mol. The Balaban J connectivity index is 1.23. The van der Waals surface area contributed by atoms with Crippen molar-refractivity contribution in [3.8, 4) is 17.0 Å². The summed E-state index contributed by atoms with van der Waals surface area (Å²) in [6, 6.07) is 42.5. The summed E-state index contributed by atoms with van der Waals surface area (Å²) >= 11 is 2.72. The molecule has 0 aliphatic rings. The lowest BCUT2D eigenvalue weighted by molar-refractivity contribution is -0.116. The van der Waals surface area contributed by atoms with E-state index in [0.717, 1.165) is 21.7 Å². The number of nitrogens with zero attached hydrogens (tertiary/aromatic N) is 1. The fraction of sp³-hybridized carbons (Fsp3) is 0.0732. The van der Waals surface area contributed by atoms with Gasteiger partial charge in [-0.25, -0.2) is 4.98 Å². The summed E-state index contributed by atoms with van der Waals surface area (Å²) in [7, 11) is 0. The smallest absolute Gasteiger partial charge is 0.272 e. The zero-order valence-electron chi connectivity index (χ0n) is 27.6. The van der Waals surface area contributed by atoms with Crippen LogP contribution in [-0.4, -0.2) is 29.3 Å². The zero-order valence-corrected chi connectivity index (χ0v) is 29.2. The molecule has 3 amide bonds. The van der Waals surface area contributed by atoms with Gasteiger partial charge in [-0.15, -0.1) is 23.1 Å². The minimum atomic E-state index is -0.614. The highest BCUT2D eigenvalue weighted by Crippen LogP contribution is 2.38. The Bertz CT molecular complexity index is 2140. The molecule has 0 radical (unpaired) electrons. The first-order valence-corrected chi connectivity index (χ1v) is 18.0. The maximum Gasteiger partial charge on any atom is 0.272 e. The van der Waals surface area contributed by atoms with E-state index in [1.165, 1.54) is 23.1 Å². The van der Waals surface area contributed by atoms with Crippen molar-refractivity contribution in [3.63, 3.8) is 0 Å². The van der Waals surface area contributed by atoms with Crippen molar-refractivity contribution in [2.45, 2.75) is 17.1 Å². The number of carbonyl (C=O) groups is 3. The second kappa shape index (κ2) is 17.1. The molecular formula is C41H34N4O4S2. The molecule has 1 unspecified atom stereocenters. The van der Waals surface area contributed by atoms with Crippen LogP contribution >= 0.6 is 23.1 Å². The van der Waals surface area contributed by atoms with Crippen molar-refractivity contribution in [3.05, 3.63) is 167 Å². The quantitative estimate of drug-likeness (QED) is 0.0815. The standard InChI is InChI=1S/C41H34N4O4S2/c1-2-49-36-24-13-12-21-31(36)25-34(43-38(46)30-19-10-5-11-20-30)39(47)42-32-22-14-23-33(26-32)51-37(29-17-8-4-9-18-29)40(48)45-41-44-35(27-50-41)28-15-6-3-7-16-28/h3-27,37H,2H2,1H3,(H,42,47)(H,43,46)(H,44,45,48)/b34-25+. The first kappa shape index (κ1) is 34.9. The predicted octanol–water partition coefficient (Wildman–Crippen LogP) is 9.09. The van der Waals surface area contributed by atoms with Gasteiger partial charge in [0, 0.05) is 32.7 Å². The average molecular weight is 711 g/mol. The molecule has 0 saturated heterocycles. The summed E-state index contributed by atoms with van der Waals surface area (Å²) in [6.07, 6.45) is 1.59. The normalized spacial score (nSPS) is 11.7. The third-order valence-electron chi connectivity index (χ3n) is 7.54. The van der Waals surface area contributed by atoms with Crippen LogP contribution in [0.15, 0.2) is 155 Å². The number of ether oxygens (including phenoxy) is 1. The predicted molar refractivity (Wildman–Crippen MR) is 206 cm³/mol. The summed E-state index contributed by atoms with van der Waals surface area (Å²) in [5.74, 6) is -0.598. The Morgan fingerprint density at radius 3 is 2.24 bits per heavy atom. The van der Waals surface area contributed by atoms with Crippen LogP contribution in [0.25, 0.3) is 17.3 Å². The van der Waals surface area contributed by atoms with Crippen LogP contribution in [0.4, 0.5) is 10.8 Å². The lowest BCUT2D eigenvalue weighted by Gasteiger charge is -2.17. The van der Waals surface area contributed by atoms with Crippen molar-refractivity contribution < 1.29 is 19.1 Å². The lowest BCUT2D eigenvalue weighted by atomic mass is 10.1. The van der Waals surface area contributed by atoms with Crippen LogP contribution in [-0.2, 0) is 9.59 Å². The van der Waals surface area contributed by atoms with Crippen LogP contribution in [0, 0.1) is 0 Å². The van der Waals surface area contributed by atoms with Gasteiger partial charge in [0.15, 0.2) is 5.13 Å². The number of benzene rings is 5. The molecule has 1 atom stereocenters. The van der Waals surface area contributed by atoms with E-state index in [-0.39, 0.29) is 11.6 Å². The Hall–Kier alpha value is -5.97. The van der Waals surface area contributed by atoms with Gasteiger partial charge in [-0.05, 0) is 55.0 Å². The monoisotopic (exact) mass is 710 g/mol. The first-order chi connectivity index (χ1) is 25.0. The summed E-state index contributed by atoms with van der Waals surface area (Å²) in [5, 5.41) is 10.5. The molecule has 0 bridgehead atoms. The van der Waals surface area contributed by atoms with E-state index < -0.39 is 17.1 Å². The van der Waals surface area contributed by atoms with E-state index in [2.05, 4.69) is 20.9 Å². The second-order valence-electron chi connectivity index (χ2n) is 11.1. The van der Waals surface area contributed by atoms with Gasteiger partial charge >= 0.3 is 0 Å². The number of thioether (sulfide) groups is 1. The number of nitrogens with one attached hydrogen (secondary N) is 3. The average Bonchev–Trinajstić information content (AvgIpc) is 3.64. The second-order valence-corrected chi connectivity index (χ2v) is 13.2. The first-order valence-electron chi connectivity index (χ1n) is 16.2. The Morgan fingerprint density at radius 2 is 1.49 bits per heavy atom. The molecule has 0 aliphatic carbocycles. The fourth-order valence-electron chi connectivity index (χ4n) is 5.11.